The summed E-state index contributed by atoms with van der Waals surface area (Å²) in [6, 6.07) is 23.7. The molecule has 0 aliphatic heterocycles. The average molecular weight is 369 g/mol. The lowest BCUT2D eigenvalue weighted by atomic mass is 10.1. The molecular formula is C22H19N5O. The van der Waals surface area contributed by atoms with Gasteiger partial charge in [0.25, 0.3) is 5.91 Å². The van der Waals surface area contributed by atoms with Gasteiger partial charge in [-0.15, -0.1) is 5.10 Å². The van der Waals surface area contributed by atoms with E-state index in [2.05, 4.69) is 15.5 Å². The Morgan fingerprint density at radius 3 is 2.39 bits per heavy atom. The number of benzene rings is 3. The smallest absolute Gasteiger partial charge is 0.276 e. The third-order valence-electron chi connectivity index (χ3n) is 4.60. The van der Waals surface area contributed by atoms with Crippen LogP contribution in [0.15, 0.2) is 72.8 Å². The standard InChI is InChI=1S/C22H19N5O/c1-16-23-24-25-27(16)21(14-17-8-4-3-5-9-17)22(28)26(2)20-13-12-18-10-6-7-11-19(18)15-20/h3-15H,1-2H3. The van der Waals surface area contributed by atoms with Gasteiger partial charge in [-0.25, -0.2) is 0 Å². The molecule has 6 nitrogen and oxygen atoms in total. The van der Waals surface area contributed by atoms with E-state index in [-0.39, 0.29) is 5.91 Å². The first kappa shape index (κ1) is 17.6. The van der Waals surface area contributed by atoms with Crippen LogP contribution in [0.3, 0.4) is 0 Å². The van der Waals surface area contributed by atoms with E-state index in [0.717, 1.165) is 22.0 Å². The minimum Gasteiger partial charge on any atom is -0.310 e. The van der Waals surface area contributed by atoms with Gasteiger partial charge in [0, 0.05) is 12.7 Å². The van der Waals surface area contributed by atoms with Gasteiger partial charge >= 0.3 is 0 Å². The van der Waals surface area contributed by atoms with E-state index < -0.39 is 0 Å². The monoisotopic (exact) mass is 369 g/mol. The molecule has 4 rings (SSSR count). The molecule has 1 amide bonds. The van der Waals surface area contributed by atoms with E-state index >= 15 is 0 Å². The summed E-state index contributed by atoms with van der Waals surface area (Å²) in [6.45, 7) is 1.77. The normalized spacial score (nSPS) is 11.6. The van der Waals surface area contributed by atoms with Crippen molar-refractivity contribution in [3.05, 3.63) is 84.2 Å². The Labute approximate surface area is 162 Å². The number of rotatable bonds is 4. The van der Waals surface area contributed by atoms with Crippen LogP contribution in [-0.4, -0.2) is 33.2 Å². The number of anilines is 1. The zero-order valence-electron chi connectivity index (χ0n) is 15.6. The van der Waals surface area contributed by atoms with Crippen molar-refractivity contribution in [3.63, 3.8) is 0 Å². The Hall–Kier alpha value is -3.80. The highest BCUT2D eigenvalue weighted by Gasteiger charge is 2.21. The van der Waals surface area contributed by atoms with Crippen molar-refractivity contribution in [2.75, 3.05) is 11.9 Å². The topological polar surface area (TPSA) is 63.9 Å². The van der Waals surface area contributed by atoms with Gasteiger partial charge in [0.1, 0.15) is 5.70 Å². The SMILES string of the molecule is Cc1nnnn1C(=Cc1ccccc1)C(=O)N(C)c1ccc2ccccc2c1. The number of carbonyl (C=O) groups is 1. The van der Waals surface area contributed by atoms with E-state index in [1.807, 2.05) is 72.8 Å². The van der Waals surface area contributed by atoms with Crippen LogP contribution in [0.4, 0.5) is 5.69 Å². The third kappa shape index (κ3) is 3.40. The summed E-state index contributed by atoms with van der Waals surface area (Å²) in [6.07, 6.45) is 1.79. The molecule has 6 heteroatoms. The Kier molecular flexibility index (Phi) is 4.68. The molecule has 3 aromatic carbocycles. The van der Waals surface area contributed by atoms with Crippen LogP contribution in [0.5, 0.6) is 0 Å². The summed E-state index contributed by atoms with van der Waals surface area (Å²) in [7, 11) is 1.75. The molecule has 0 N–H and O–H groups in total. The van der Waals surface area contributed by atoms with Crippen LogP contribution < -0.4 is 4.90 Å². The highest BCUT2D eigenvalue weighted by atomic mass is 16.2. The van der Waals surface area contributed by atoms with E-state index in [1.165, 1.54) is 4.68 Å². The number of aryl methyl sites for hydroxylation is 1. The van der Waals surface area contributed by atoms with E-state index in [4.69, 9.17) is 0 Å². The Morgan fingerprint density at radius 1 is 0.964 bits per heavy atom. The van der Waals surface area contributed by atoms with Crippen molar-refractivity contribution in [1.82, 2.24) is 20.2 Å². The fourth-order valence-corrected chi connectivity index (χ4v) is 3.05. The van der Waals surface area contributed by atoms with Crippen LogP contribution in [0.2, 0.25) is 0 Å². The molecular weight excluding hydrogens is 350 g/mol. The number of fused-ring (bicyclic) bond motifs is 1. The van der Waals surface area contributed by atoms with Crippen LogP contribution in [0.1, 0.15) is 11.4 Å². The largest absolute Gasteiger partial charge is 0.310 e. The summed E-state index contributed by atoms with van der Waals surface area (Å²) < 4.78 is 1.47. The second-order valence-corrected chi connectivity index (χ2v) is 6.47. The van der Waals surface area contributed by atoms with Crippen LogP contribution in [0.25, 0.3) is 22.5 Å². The Bertz CT molecular complexity index is 1160. The maximum absolute atomic E-state index is 13.4. The fourth-order valence-electron chi connectivity index (χ4n) is 3.05. The summed E-state index contributed by atoms with van der Waals surface area (Å²) in [4.78, 5) is 15.0. The Balaban J connectivity index is 1.76. The van der Waals surface area contributed by atoms with Crippen molar-refractivity contribution in [1.29, 1.82) is 0 Å². The molecule has 4 aromatic rings. The number of carbonyl (C=O) groups excluding carboxylic acids is 1. The minimum absolute atomic E-state index is 0.200. The zero-order chi connectivity index (χ0) is 19.5. The van der Waals surface area contributed by atoms with Crippen molar-refractivity contribution < 1.29 is 4.79 Å². The quantitative estimate of drug-likeness (QED) is 0.513. The molecule has 1 heterocycles. The average Bonchev–Trinajstić information content (AvgIpc) is 3.17. The molecule has 0 fully saturated rings. The van der Waals surface area contributed by atoms with Crippen LogP contribution in [-0.2, 0) is 4.79 Å². The lowest BCUT2D eigenvalue weighted by molar-refractivity contribution is -0.113. The molecule has 1 aromatic heterocycles. The second-order valence-electron chi connectivity index (χ2n) is 6.47. The molecule has 0 saturated carbocycles. The number of hydrogen-bond donors (Lipinski definition) is 0. The maximum Gasteiger partial charge on any atom is 0.276 e. The van der Waals surface area contributed by atoms with Gasteiger partial charge in [-0.3, -0.25) is 4.79 Å². The highest BCUT2D eigenvalue weighted by molar-refractivity contribution is 6.25. The van der Waals surface area contributed by atoms with Crippen molar-refractivity contribution in [3.8, 4) is 0 Å². The summed E-state index contributed by atoms with van der Waals surface area (Å²) >= 11 is 0. The molecule has 0 radical (unpaired) electrons. The van der Waals surface area contributed by atoms with Gasteiger partial charge in [-0.05, 0) is 51.9 Å². The molecule has 0 atom stereocenters. The van der Waals surface area contributed by atoms with Crippen molar-refractivity contribution >= 4 is 34.1 Å². The molecule has 0 bridgehead atoms. The third-order valence-corrected chi connectivity index (χ3v) is 4.60. The van der Waals surface area contributed by atoms with Gasteiger partial charge in [0.15, 0.2) is 5.82 Å². The van der Waals surface area contributed by atoms with Gasteiger partial charge in [0.2, 0.25) is 0 Å². The predicted octanol–water partition coefficient (Wildman–Crippen LogP) is 3.80. The number of amides is 1. The molecule has 0 spiro atoms. The number of nitrogens with zero attached hydrogens (tertiary/aromatic N) is 5. The van der Waals surface area contributed by atoms with Gasteiger partial charge in [-0.2, -0.15) is 4.68 Å². The first-order chi connectivity index (χ1) is 13.6. The lowest BCUT2D eigenvalue weighted by Gasteiger charge is -2.20. The van der Waals surface area contributed by atoms with Crippen molar-refractivity contribution in [2.45, 2.75) is 6.92 Å². The van der Waals surface area contributed by atoms with E-state index in [9.17, 15) is 4.79 Å². The summed E-state index contributed by atoms with van der Waals surface area (Å²) in [5, 5.41) is 13.8. The van der Waals surface area contributed by atoms with Crippen molar-refractivity contribution in [2.24, 2.45) is 0 Å². The fraction of sp³-hybridized carbons (Fsp3) is 0.0909. The minimum atomic E-state index is -0.200. The number of aromatic nitrogens is 4. The molecule has 138 valence electrons. The van der Waals surface area contributed by atoms with E-state index in [0.29, 0.717) is 11.5 Å². The molecule has 0 aliphatic carbocycles. The molecule has 0 aliphatic rings. The van der Waals surface area contributed by atoms with Gasteiger partial charge in [0.05, 0.1) is 0 Å². The summed E-state index contributed by atoms with van der Waals surface area (Å²) in [5.41, 5.74) is 2.07. The first-order valence-corrected chi connectivity index (χ1v) is 8.92. The molecule has 0 unspecified atom stereocenters. The summed E-state index contributed by atoms with van der Waals surface area (Å²) in [5.74, 6) is 0.344. The second kappa shape index (κ2) is 7.44. The number of likely N-dealkylation sites (N-methyl/N-ethyl adjacent to an activating group) is 1. The lowest BCUT2D eigenvalue weighted by Crippen LogP contribution is -2.29. The Morgan fingerprint density at radius 2 is 1.68 bits per heavy atom. The van der Waals surface area contributed by atoms with Gasteiger partial charge in [-0.1, -0.05) is 60.7 Å². The number of tetrazole rings is 1. The van der Waals surface area contributed by atoms with E-state index in [1.54, 1.807) is 24.9 Å². The first-order valence-electron chi connectivity index (χ1n) is 8.92. The molecule has 0 saturated heterocycles. The highest BCUT2D eigenvalue weighted by Crippen LogP contribution is 2.24. The zero-order valence-corrected chi connectivity index (χ0v) is 15.6. The van der Waals surface area contributed by atoms with Crippen LogP contribution in [0, 0.1) is 6.92 Å². The maximum atomic E-state index is 13.4. The molecule has 28 heavy (non-hydrogen) atoms. The predicted molar refractivity (Wildman–Crippen MR) is 111 cm³/mol. The van der Waals surface area contributed by atoms with Crippen LogP contribution >= 0.6 is 0 Å². The number of hydrogen-bond acceptors (Lipinski definition) is 4. The van der Waals surface area contributed by atoms with Gasteiger partial charge < -0.3 is 4.90 Å².